The minimum absolute atomic E-state index is 0.509. The summed E-state index contributed by atoms with van der Waals surface area (Å²) < 4.78 is 0. The van der Waals surface area contributed by atoms with Gasteiger partial charge in [-0.1, -0.05) is 0 Å². The zero-order valence-electron chi connectivity index (χ0n) is 10.5. The van der Waals surface area contributed by atoms with E-state index in [9.17, 15) is 4.79 Å². The van der Waals surface area contributed by atoms with Gasteiger partial charge in [0.05, 0.1) is 0 Å². The number of hydrogen-bond acceptors (Lipinski definition) is 4. The molecular formula is C12H18N4O2. The van der Waals surface area contributed by atoms with Crippen molar-refractivity contribution < 1.29 is 9.90 Å². The van der Waals surface area contributed by atoms with Crippen molar-refractivity contribution in [2.24, 2.45) is 5.92 Å². The van der Waals surface area contributed by atoms with Gasteiger partial charge in [0.2, 0.25) is 0 Å². The second-order valence-corrected chi connectivity index (χ2v) is 4.65. The van der Waals surface area contributed by atoms with E-state index in [-0.39, 0.29) is 0 Å². The normalized spacial score (nSPS) is 16.6. The van der Waals surface area contributed by atoms with Crippen molar-refractivity contribution in [3.05, 3.63) is 18.1 Å². The summed E-state index contributed by atoms with van der Waals surface area (Å²) in [5.41, 5.74) is 1.03. The number of carbonyl (C=O) groups is 1. The van der Waals surface area contributed by atoms with Gasteiger partial charge in [0, 0.05) is 31.4 Å². The second kappa shape index (κ2) is 5.66. The minimum Gasteiger partial charge on any atom is -0.465 e. The summed E-state index contributed by atoms with van der Waals surface area (Å²) in [5, 5.41) is 12.2. The van der Waals surface area contributed by atoms with Crippen LogP contribution in [0.2, 0.25) is 0 Å². The van der Waals surface area contributed by atoms with E-state index in [1.54, 1.807) is 6.20 Å². The van der Waals surface area contributed by atoms with Crippen molar-refractivity contribution in [2.45, 2.75) is 19.8 Å². The lowest BCUT2D eigenvalue weighted by Gasteiger charge is -2.30. The van der Waals surface area contributed by atoms with Crippen molar-refractivity contribution >= 4 is 11.9 Å². The Kier molecular flexibility index (Phi) is 3.96. The molecule has 0 radical (unpaired) electrons. The minimum atomic E-state index is -0.812. The molecule has 2 rings (SSSR count). The summed E-state index contributed by atoms with van der Waals surface area (Å²) in [5.74, 6) is 1.38. The van der Waals surface area contributed by atoms with Crippen LogP contribution in [0.1, 0.15) is 18.4 Å². The molecule has 0 atom stereocenters. The van der Waals surface area contributed by atoms with E-state index in [4.69, 9.17) is 5.11 Å². The number of carboxylic acid groups (broad SMARTS) is 1. The van der Waals surface area contributed by atoms with Crippen LogP contribution >= 0.6 is 0 Å². The molecule has 1 aromatic rings. The first-order chi connectivity index (χ1) is 8.66. The quantitative estimate of drug-likeness (QED) is 0.851. The van der Waals surface area contributed by atoms with Crippen molar-refractivity contribution in [3.63, 3.8) is 0 Å². The van der Waals surface area contributed by atoms with Gasteiger partial charge in [0.15, 0.2) is 0 Å². The maximum Gasteiger partial charge on any atom is 0.407 e. The summed E-state index contributed by atoms with van der Waals surface area (Å²) in [7, 11) is 0. The van der Waals surface area contributed by atoms with E-state index >= 15 is 0 Å². The number of aromatic nitrogens is 2. The van der Waals surface area contributed by atoms with Gasteiger partial charge in [-0.2, -0.15) is 0 Å². The van der Waals surface area contributed by atoms with Gasteiger partial charge in [0.25, 0.3) is 0 Å². The van der Waals surface area contributed by atoms with E-state index in [0.717, 1.165) is 30.8 Å². The van der Waals surface area contributed by atoms with Gasteiger partial charge in [-0.15, -0.1) is 0 Å². The van der Waals surface area contributed by atoms with Crippen LogP contribution in [-0.4, -0.2) is 45.7 Å². The van der Waals surface area contributed by atoms with Gasteiger partial charge >= 0.3 is 6.09 Å². The molecule has 18 heavy (non-hydrogen) atoms. The highest BCUT2D eigenvalue weighted by Crippen LogP contribution is 2.18. The Morgan fingerprint density at radius 3 is 2.89 bits per heavy atom. The SMILES string of the molecule is Cc1cncnc1NCC1CCN(C(=O)O)CC1. The Bertz CT molecular complexity index is 416. The van der Waals surface area contributed by atoms with Crippen LogP contribution in [0.4, 0.5) is 10.6 Å². The van der Waals surface area contributed by atoms with Crippen LogP contribution in [-0.2, 0) is 0 Å². The zero-order chi connectivity index (χ0) is 13.0. The van der Waals surface area contributed by atoms with Crippen molar-refractivity contribution in [2.75, 3.05) is 25.0 Å². The first-order valence-electron chi connectivity index (χ1n) is 6.15. The summed E-state index contributed by atoms with van der Waals surface area (Å²) in [6, 6.07) is 0. The summed E-state index contributed by atoms with van der Waals surface area (Å²) in [6.07, 6.45) is 4.31. The molecule has 1 aliphatic heterocycles. The third-order valence-electron chi connectivity index (χ3n) is 3.34. The molecule has 6 heteroatoms. The van der Waals surface area contributed by atoms with Crippen molar-refractivity contribution in [1.29, 1.82) is 0 Å². The van der Waals surface area contributed by atoms with Gasteiger partial charge in [-0.25, -0.2) is 14.8 Å². The third kappa shape index (κ3) is 3.09. The predicted molar refractivity (Wildman–Crippen MR) is 67.6 cm³/mol. The molecule has 98 valence electrons. The highest BCUT2D eigenvalue weighted by molar-refractivity contribution is 5.64. The van der Waals surface area contributed by atoms with E-state index in [1.807, 2.05) is 6.92 Å². The first-order valence-corrected chi connectivity index (χ1v) is 6.15. The van der Waals surface area contributed by atoms with Crippen LogP contribution in [0.3, 0.4) is 0 Å². The fourth-order valence-corrected chi connectivity index (χ4v) is 2.15. The van der Waals surface area contributed by atoms with Crippen LogP contribution < -0.4 is 5.32 Å². The smallest absolute Gasteiger partial charge is 0.407 e. The molecule has 0 bridgehead atoms. The largest absolute Gasteiger partial charge is 0.465 e. The van der Waals surface area contributed by atoms with Crippen molar-refractivity contribution in [3.8, 4) is 0 Å². The summed E-state index contributed by atoms with van der Waals surface area (Å²) in [6.45, 7) is 4.07. The molecule has 0 aliphatic carbocycles. The lowest BCUT2D eigenvalue weighted by molar-refractivity contribution is 0.126. The molecule has 0 aromatic carbocycles. The maximum atomic E-state index is 10.8. The molecule has 0 spiro atoms. The maximum absolute atomic E-state index is 10.8. The van der Waals surface area contributed by atoms with Gasteiger partial charge in [-0.05, 0) is 25.7 Å². The number of nitrogens with zero attached hydrogens (tertiary/aromatic N) is 3. The van der Waals surface area contributed by atoms with E-state index in [2.05, 4.69) is 15.3 Å². The van der Waals surface area contributed by atoms with Crippen LogP contribution in [0.15, 0.2) is 12.5 Å². The molecular weight excluding hydrogens is 232 g/mol. The molecule has 6 nitrogen and oxygen atoms in total. The number of nitrogens with one attached hydrogen (secondary N) is 1. The van der Waals surface area contributed by atoms with E-state index in [1.165, 1.54) is 11.2 Å². The Morgan fingerprint density at radius 1 is 1.56 bits per heavy atom. The van der Waals surface area contributed by atoms with Gasteiger partial charge in [-0.3, -0.25) is 0 Å². The number of hydrogen-bond donors (Lipinski definition) is 2. The highest BCUT2D eigenvalue weighted by atomic mass is 16.4. The van der Waals surface area contributed by atoms with E-state index < -0.39 is 6.09 Å². The number of likely N-dealkylation sites (tertiary alicyclic amines) is 1. The van der Waals surface area contributed by atoms with Gasteiger partial charge < -0.3 is 15.3 Å². The predicted octanol–water partition coefficient (Wildman–Crippen LogP) is 1.59. The monoisotopic (exact) mass is 250 g/mol. The lowest BCUT2D eigenvalue weighted by Crippen LogP contribution is -2.39. The molecule has 1 aliphatic rings. The number of rotatable bonds is 3. The number of amides is 1. The molecule has 2 heterocycles. The lowest BCUT2D eigenvalue weighted by atomic mass is 9.97. The molecule has 0 saturated carbocycles. The average Bonchev–Trinajstić information content (AvgIpc) is 2.38. The summed E-state index contributed by atoms with van der Waals surface area (Å²) in [4.78, 5) is 20.4. The Hall–Kier alpha value is -1.85. The topological polar surface area (TPSA) is 78.4 Å². The molecule has 0 unspecified atom stereocenters. The second-order valence-electron chi connectivity index (χ2n) is 4.65. The fraction of sp³-hybridized carbons (Fsp3) is 0.583. The third-order valence-corrected chi connectivity index (χ3v) is 3.34. The van der Waals surface area contributed by atoms with Gasteiger partial charge in [0.1, 0.15) is 12.1 Å². The Morgan fingerprint density at radius 2 is 2.28 bits per heavy atom. The van der Waals surface area contributed by atoms with E-state index in [0.29, 0.717) is 19.0 Å². The molecule has 1 amide bonds. The number of anilines is 1. The Balaban J connectivity index is 1.79. The van der Waals surface area contributed by atoms with Crippen LogP contribution in [0.5, 0.6) is 0 Å². The fourth-order valence-electron chi connectivity index (χ4n) is 2.15. The molecule has 1 saturated heterocycles. The molecule has 1 aromatic heterocycles. The zero-order valence-corrected chi connectivity index (χ0v) is 10.5. The van der Waals surface area contributed by atoms with Crippen LogP contribution in [0.25, 0.3) is 0 Å². The summed E-state index contributed by atoms with van der Waals surface area (Å²) >= 11 is 0. The molecule has 2 N–H and O–H groups in total. The number of piperidine rings is 1. The average molecular weight is 250 g/mol. The Labute approximate surface area is 106 Å². The van der Waals surface area contributed by atoms with Crippen molar-refractivity contribution in [1.82, 2.24) is 14.9 Å². The molecule has 1 fully saturated rings. The highest BCUT2D eigenvalue weighted by Gasteiger charge is 2.22. The first kappa shape index (κ1) is 12.6. The standard InChI is InChI=1S/C12H18N4O2/c1-9-6-13-8-15-11(9)14-7-10-2-4-16(5-3-10)12(17)18/h6,8,10H,2-5,7H2,1H3,(H,17,18)(H,13,14,15). The van der Waals surface area contributed by atoms with Crippen LogP contribution in [0, 0.1) is 12.8 Å². The number of aryl methyl sites for hydroxylation is 1.